The van der Waals surface area contributed by atoms with Gasteiger partial charge in [-0.3, -0.25) is 14.4 Å². The summed E-state index contributed by atoms with van der Waals surface area (Å²) in [6.45, 7) is 14.8. The van der Waals surface area contributed by atoms with Crippen molar-refractivity contribution < 1.29 is 24.2 Å². The highest BCUT2D eigenvalue weighted by atomic mass is 16.5. The van der Waals surface area contributed by atoms with Gasteiger partial charge in [-0.05, 0) is 37.2 Å². The number of hydrogen-bond donors (Lipinski definition) is 3. The molecule has 0 aliphatic heterocycles. The Morgan fingerprint density at radius 3 is 2.17 bits per heavy atom. The molecule has 0 unspecified atom stereocenters. The number of aliphatic hydroxyl groups is 1. The van der Waals surface area contributed by atoms with Gasteiger partial charge in [0.2, 0.25) is 11.8 Å². The van der Waals surface area contributed by atoms with E-state index in [1.54, 1.807) is 19.1 Å². The number of nitrogens with one attached hydrogen (secondary N) is 2. The van der Waals surface area contributed by atoms with Crippen molar-refractivity contribution in [3.63, 3.8) is 0 Å². The number of benzene rings is 1. The minimum Gasteiger partial charge on any atom is -0.463 e. The van der Waals surface area contributed by atoms with Crippen LogP contribution in [0, 0.1) is 17.3 Å². The van der Waals surface area contributed by atoms with Gasteiger partial charge < -0.3 is 20.5 Å². The summed E-state index contributed by atoms with van der Waals surface area (Å²) in [6, 6.07) is 8.89. The molecule has 1 aromatic carbocycles. The highest BCUT2D eigenvalue weighted by molar-refractivity contribution is 5.86. The van der Waals surface area contributed by atoms with Crippen LogP contribution in [0.25, 0.3) is 0 Å². The van der Waals surface area contributed by atoms with Gasteiger partial charge >= 0.3 is 5.97 Å². The number of rotatable bonds is 15. The van der Waals surface area contributed by atoms with Crippen LogP contribution in [0.3, 0.4) is 0 Å². The summed E-state index contributed by atoms with van der Waals surface area (Å²) in [5, 5.41) is 14.8. The van der Waals surface area contributed by atoms with Crippen LogP contribution >= 0.6 is 0 Å². The molecule has 0 heterocycles. The molecule has 7 nitrogen and oxygen atoms in total. The Balaban J connectivity index is 2.84. The second-order valence-electron chi connectivity index (χ2n) is 10.0. The highest BCUT2D eigenvalue weighted by Crippen LogP contribution is 2.22. The topological polar surface area (TPSA) is 105 Å². The Hall–Kier alpha value is -2.93. The quantitative estimate of drug-likeness (QED) is 0.260. The SMILES string of the molecule is C=CC[C@@H](CC(=O)N[C@H](C)CO)C(=O)N[C@H](COC(=O)[C@H](CC=C)Cc1ccccc1)C(C)(C)C. The first kappa shape index (κ1) is 30.1. The lowest BCUT2D eigenvalue weighted by molar-refractivity contribution is -0.150. The van der Waals surface area contributed by atoms with E-state index in [0.717, 1.165) is 5.56 Å². The molecule has 35 heavy (non-hydrogen) atoms. The fourth-order valence-electron chi connectivity index (χ4n) is 3.53. The van der Waals surface area contributed by atoms with Gasteiger partial charge in [-0.2, -0.15) is 0 Å². The number of hydrogen-bond acceptors (Lipinski definition) is 5. The van der Waals surface area contributed by atoms with Crippen LogP contribution in [0.15, 0.2) is 55.6 Å². The molecule has 1 aromatic rings. The van der Waals surface area contributed by atoms with Crippen LogP contribution in [0.4, 0.5) is 0 Å². The van der Waals surface area contributed by atoms with E-state index in [1.807, 2.05) is 51.1 Å². The Labute approximate surface area is 210 Å². The molecule has 0 spiro atoms. The molecule has 0 saturated heterocycles. The Bertz CT molecular complexity index is 831. The van der Waals surface area contributed by atoms with Crippen LogP contribution in [-0.2, 0) is 25.5 Å². The van der Waals surface area contributed by atoms with Crippen molar-refractivity contribution in [2.45, 2.75) is 65.5 Å². The zero-order chi connectivity index (χ0) is 26.4. The predicted molar refractivity (Wildman–Crippen MR) is 138 cm³/mol. The van der Waals surface area contributed by atoms with E-state index in [1.165, 1.54) is 0 Å². The summed E-state index contributed by atoms with van der Waals surface area (Å²) >= 11 is 0. The average Bonchev–Trinajstić information content (AvgIpc) is 2.80. The minimum atomic E-state index is -0.620. The molecule has 4 atom stereocenters. The van der Waals surface area contributed by atoms with Gasteiger partial charge in [0.1, 0.15) is 6.61 Å². The summed E-state index contributed by atoms with van der Waals surface area (Å²) in [6.07, 6.45) is 4.63. The molecular weight excluding hydrogens is 444 g/mol. The number of amides is 2. The van der Waals surface area contributed by atoms with Crippen molar-refractivity contribution in [1.29, 1.82) is 0 Å². The van der Waals surface area contributed by atoms with Crippen LogP contribution in [0.1, 0.15) is 52.5 Å². The van der Waals surface area contributed by atoms with Crippen molar-refractivity contribution in [3.05, 3.63) is 61.2 Å². The van der Waals surface area contributed by atoms with Crippen LogP contribution in [0.5, 0.6) is 0 Å². The monoisotopic (exact) mass is 486 g/mol. The first-order chi connectivity index (χ1) is 16.5. The van der Waals surface area contributed by atoms with Gasteiger partial charge in [0, 0.05) is 12.5 Å². The number of allylic oxidation sites excluding steroid dienone is 2. The molecule has 0 fully saturated rings. The summed E-state index contributed by atoms with van der Waals surface area (Å²) in [4.78, 5) is 38.2. The summed E-state index contributed by atoms with van der Waals surface area (Å²) in [5.41, 5.74) is 0.647. The maximum Gasteiger partial charge on any atom is 0.309 e. The van der Waals surface area contributed by atoms with Crippen LogP contribution in [0.2, 0.25) is 0 Å². The fourth-order valence-corrected chi connectivity index (χ4v) is 3.53. The van der Waals surface area contributed by atoms with Crippen molar-refractivity contribution in [3.8, 4) is 0 Å². The van der Waals surface area contributed by atoms with E-state index in [-0.39, 0.29) is 43.3 Å². The maximum atomic E-state index is 13.1. The lowest BCUT2D eigenvalue weighted by Gasteiger charge is -2.32. The van der Waals surface area contributed by atoms with E-state index in [0.29, 0.717) is 19.3 Å². The first-order valence-corrected chi connectivity index (χ1v) is 12.1. The normalized spacial score (nSPS) is 14.7. The molecule has 0 radical (unpaired) electrons. The number of carbonyl (C=O) groups excluding carboxylic acids is 3. The molecule has 194 valence electrons. The average molecular weight is 487 g/mol. The van der Waals surface area contributed by atoms with Crippen molar-refractivity contribution >= 4 is 17.8 Å². The zero-order valence-electron chi connectivity index (χ0n) is 21.6. The van der Waals surface area contributed by atoms with Crippen LogP contribution in [-0.4, -0.2) is 48.2 Å². The van der Waals surface area contributed by atoms with E-state index >= 15 is 0 Å². The predicted octanol–water partition coefficient (Wildman–Crippen LogP) is 3.57. The molecule has 1 rings (SSSR count). The summed E-state index contributed by atoms with van der Waals surface area (Å²) < 4.78 is 5.68. The molecule has 0 bridgehead atoms. The maximum absolute atomic E-state index is 13.1. The Kier molecular flexibility index (Phi) is 13.0. The number of ether oxygens (including phenoxy) is 1. The second kappa shape index (κ2) is 15.1. The molecule has 0 aliphatic carbocycles. The first-order valence-electron chi connectivity index (χ1n) is 12.1. The molecular formula is C28H42N2O5. The van der Waals surface area contributed by atoms with Gasteiger partial charge in [-0.1, -0.05) is 63.3 Å². The van der Waals surface area contributed by atoms with E-state index < -0.39 is 23.4 Å². The third-order valence-corrected chi connectivity index (χ3v) is 5.80. The zero-order valence-corrected chi connectivity index (χ0v) is 21.6. The summed E-state index contributed by atoms with van der Waals surface area (Å²) in [5.74, 6) is -1.94. The molecule has 0 aliphatic rings. The van der Waals surface area contributed by atoms with Gasteiger partial charge in [0.25, 0.3) is 0 Å². The van der Waals surface area contributed by atoms with Gasteiger partial charge in [0.15, 0.2) is 0 Å². The molecule has 0 aromatic heterocycles. The molecule has 2 amide bonds. The van der Waals surface area contributed by atoms with Crippen LogP contribution < -0.4 is 10.6 Å². The molecule has 3 N–H and O–H groups in total. The van der Waals surface area contributed by atoms with Crippen molar-refractivity contribution in [2.24, 2.45) is 17.3 Å². The van der Waals surface area contributed by atoms with Crippen molar-refractivity contribution in [1.82, 2.24) is 10.6 Å². The van der Waals surface area contributed by atoms with E-state index in [9.17, 15) is 14.4 Å². The highest BCUT2D eigenvalue weighted by Gasteiger charge is 2.31. The lowest BCUT2D eigenvalue weighted by atomic mass is 9.86. The second-order valence-corrected chi connectivity index (χ2v) is 10.0. The Morgan fingerprint density at radius 2 is 1.63 bits per heavy atom. The third kappa shape index (κ3) is 11.4. The summed E-state index contributed by atoms with van der Waals surface area (Å²) in [7, 11) is 0. The van der Waals surface area contributed by atoms with Crippen molar-refractivity contribution in [2.75, 3.05) is 13.2 Å². The van der Waals surface area contributed by atoms with Gasteiger partial charge in [-0.25, -0.2) is 0 Å². The number of esters is 1. The smallest absolute Gasteiger partial charge is 0.309 e. The van der Waals surface area contributed by atoms with Gasteiger partial charge in [-0.15, -0.1) is 13.2 Å². The molecule has 7 heteroatoms. The fraction of sp³-hybridized carbons (Fsp3) is 0.536. The number of carbonyl (C=O) groups is 3. The van der Waals surface area contributed by atoms with E-state index in [4.69, 9.17) is 9.84 Å². The third-order valence-electron chi connectivity index (χ3n) is 5.80. The lowest BCUT2D eigenvalue weighted by Crippen LogP contribution is -2.50. The van der Waals surface area contributed by atoms with Gasteiger partial charge in [0.05, 0.1) is 24.5 Å². The Morgan fingerprint density at radius 1 is 1.03 bits per heavy atom. The largest absolute Gasteiger partial charge is 0.463 e. The molecule has 0 saturated carbocycles. The minimum absolute atomic E-state index is 0.0189. The number of aliphatic hydroxyl groups excluding tert-OH is 1. The standard InChI is InChI=1S/C28H42N2O5/c1-7-12-22(17-25(32)29-20(3)18-31)26(33)30-24(28(4,5)6)19-35-27(34)23(13-8-2)16-21-14-10-9-11-15-21/h7-11,14-15,20,22-24,31H,1-2,12-13,16-19H2,3-6H3,(H,29,32)(H,30,33)/t20-,22+,23-,24-/m1/s1. The van der Waals surface area contributed by atoms with E-state index in [2.05, 4.69) is 23.8 Å².